The van der Waals surface area contributed by atoms with Gasteiger partial charge >= 0.3 is 0 Å². The average molecular weight is 311 g/mol. The Morgan fingerprint density at radius 1 is 1.61 bits per heavy atom. The van der Waals surface area contributed by atoms with Gasteiger partial charge in [-0.05, 0) is 31.0 Å². The van der Waals surface area contributed by atoms with E-state index < -0.39 is 5.41 Å². The molecule has 0 spiro atoms. The van der Waals surface area contributed by atoms with E-state index in [9.17, 15) is 9.18 Å². The summed E-state index contributed by atoms with van der Waals surface area (Å²) in [6.07, 6.45) is 1.21. The third-order valence-electron chi connectivity index (χ3n) is 3.14. The molecule has 1 saturated carbocycles. The van der Waals surface area contributed by atoms with E-state index in [1.165, 1.54) is 11.0 Å². The van der Waals surface area contributed by atoms with E-state index in [2.05, 4.69) is 22.0 Å². The Kier molecular flexibility index (Phi) is 3.40. The number of hydrogen-bond donors (Lipinski definition) is 0. The quantitative estimate of drug-likeness (QED) is 0.861. The summed E-state index contributed by atoms with van der Waals surface area (Å²) in [6, 6.07) is 6.66. The summed E-state index contributed by atoms with van der Waals surface area (Å²) in [4.78, 5) is 13.4. The monoisotopic (exact) mass is 310 g/mol. The Balaban J connectivity index is 2.12. The van der Waals surface area contributed by atoms with Gasteiger partial charge in [-0.3, -0.25) is 4.79 Å². The van der Waals surface area contributed by atoms with Crippen molar-refractivity contribution in [3.8, 4) is 6.07 Å². The summed E-state index contributed by atoms with van der Waals surface area (Å²) in [5.41, 5.74) is -0.411. The van der Waals surface area contributed by atoms with Gasteiger partial charge in [0.05, 0.1) is 6.07 Å². The number of nitrogens with zero attached hydrogens (tertiary/aromatic N) is 2. The summed E-state index contributed by atoms with van der Waals surface area (Å²) in [5, 5.41) is 8.96. The maximum Gasteiger partial charge on any atom is 0.243 e. The number of rotatable bonds is 3. The number of nitriles is 1. The number of hydrogen-bond acceptors (Lipinski definition) is 2. The fourth-order valence-corrected chi connectivity index (χ4v) is 2.26. The zero-order valence-electron chi connectivity index (χ0n) is 9.91. The van der Waals surface area contributed by atoms with Gasteiger partial charge in [0.2, 0.25) is 5.91 Å². The molecule has 0 unspecified atom stereocenters. The predicted molar refractivity (Wildman–Crippen MR) is 67.9 cm³/mol. The maximum atomic E-state index is 13.6. The molecule has 0 radical (unpaired) electrons. The lowest BCUT2D eigenvalue weighted by Gasteiger charge is -2.20. The Morgan fingerprint density at radius 3 is 2.83 bits per heavy atom. The van der Waals surface area contributed by atoms with E-state index in [1.807, 2.05) is 0 Å². The Labute approximate surface area is 113 Å². The molecule has 0 saturated heterocycles. The van der Waals surface area contributed by atoms with Crippen molar-refractivity contribution in [3.05, 3.63) is 34.1 Å². The van der Waals surface area contributed by atoms with Crippen LogP contribution < -0.4 is 0 Å². The van der Waals surface area contributed by atoms with Crippen LogP contribution >= 0.6 is 15.9 Å². The smallest absolute Gasteiger partial charge is 0.243 e. The van der Waals surface area contributed by atoms with Crippen LogP contribution in [0.3, 0.4) is 0 Å². The number of carbonyl (C=O) groups is 1. The Bertz CT molecular complexity index is 534. The maximum absolute atomic E-state index is 13.6. The van der Waals surface area contributed by atoms with Gasteiger partial charge in [0.25, 0.3) is 0 Å². The molecule has 1 aromatic carbocycles. The SMILES string of the molecule is CN(Cc1cc(Br)ccc1F)C(=O)C1(C#N)CC1. The van der Waals surface area contributed by atoms with Crippen molar-refractivity contribution in [1.82, 2.24) is 4.90 Å². The molecule has 0 bridgehead atoms. The summed E-state index contributed by atoms with van der Waals surface area (Å²) < 4.78 is 14.3. The fraction of sp³-hybridized carbons (Fsp3) is 0.385. The van der Waals surface area contributed by atoms with Gasteiger partial charge in [-0.2, -0.15) is 5.26 Å². The van der Waals surface area contributed by atoms with Crippen molar-refractivity contribution >= 4 is 21.8 Å². The van der Waals surface area contributed by atoms with Gasteiger partial charge in [0.1, 0.15) is 11.2 Å². The first-order valence-corrected chi connectivity index (χ1v) is 6.38. The second-order valence-electron chi connectivity index (χ2n) is 4.59. The molecule has 1 aromatic rings. The molecule has 18 heavy (non-hydrogen) atoms. The van der Waals surface area contributed by atoms with E-state index >= 15 is 0 Å². The lowest BCUT2D eigenvalue weighted by atomic mass is 10.1. The lowest BCUT2D eigenvalue weighted by molar-refractivity contribution is -0.134. The predicted octanol–water partition coefficient (Wildman–Crippen LogP) is 2.85. The van der Waals surface area contributed by atoms with Crippen LogP contribution in [-0.4, -0.2) is 17.9 Å². The van der Waals surface area contributed by atoms with E-state index in [4.69, 9.17) is 5.26 Å². The van der Waals surface area contributed by atoms with Crippen LogP contribution in [0.15, 0.2) is 22.7 Å². The normalized spacial score (nSPS) is 15.9. The summed E-state index contributed by atoms with van der Waals surface area (Å²) >= 11 is 3.27. The first kappa shape index (κ1) is 13.0. The fourth-order valence-electron chi connectivity index (χ4n) is 1.86. The molecular weight excluding hydrogens is 299 g/mol. The number of carbonyl (C=O) groups excluding carboxylic acids is 1. The lowest BCUT2D eigenvalue weighted by Crippen LogP contribution is -2.33. The van der Waals surface area contributed by atoms with E-state index in [0.29, 0.717) is 18.4 Å². The highest BCUT2D eigenvalue weighted by molar-refractivity contribution is 9.10. The first-order valence-electron chi connectivity index (χ1n) is 5.59. The molecule has 0 aromatic heterocycles. The highest BCUT2D eigenvalue weighted by Crippen LogP contribution is 2.46. The summed E-state index contributed by atoms with van der Waals surface area (Å²) in [5.74, 6) is -0.566. The van der Waals surface area contributed by atoms with Crippen LogP contribution in [0.4, 0.5) is 4.39 Å². The molecule has 0 heterocycles. The van der Waals surface area contributed by atoms with Gasteiger partial charge in [0, 0.05) is 23.6 Å². The summed E-state index contributed by atoms with van der Waals surface area (Å²) in [7, 11) is 1.60. The standard InChI is InChI=1S/C13H12BrFN2O/c1-17(12(18)13(8-16)4-5-13)7-9-6-10(14)2-3-11(9)15/h2-3,6H,4-5,7H2,1H3. The molecule has 1 aliphatic carbocycles. The van der Waals surface area contributed by atoms with Crippen molar-refractivity contribution in [1.29, 1.82) is 5.26 Å². The first-order chi connectivity index (χ1) is 8.48. The second kappa shape index (κ2) is 4.69. The Hall–Kier alpha value is -1.41. The van der Waals surface area contributed by atoms with Crippen molar-refractivity contribution in [3.63, 3.8) is 0 Å². The van der Waals surface area contributed by atoms with Crippen molar-refractivity contribution in [2.45, 2.75) is 19.4 Å². The highest BCUT2D eigenvalue weighted by Gasteiger charge is 2.51. The molecule has 5 heteroatoms. The molecule has 0 aliphatic heterocycles. The third kappa shape index (κ3) is 2.39. The van der Waals surface area contributed by atoms with Gasteiger partial charge in [-0.15, -0.1) is 0 Å². The van der Waals surface area contributed by atoms with Crippen LogP contribution in [0.25, 0.3) is 0 Å². The molecule has 1 amide bonds. The van der Waals surface area contributed by atoms with E-state index in [0.717, 1.165) is 4.47 Å². The highest BCUT2D eigenvalue weighted by atomic mass is 79.9. The van der Waals surface area contributed by atoms with Crippen molar-refractivity contribution < 1.29 is 9.18 Å². The zero-order chi connectivity index (χ0) is 13.3. The summed E-state index contributed by atoms with van der Waals surface area (Å²) in [6.45, 7) is 0.174. The molecule has 2 rings (SSSR count). The van der Waals surface area contributed by atoms with Gasteiger partial charge in [0.15, 0.2) is 0 Å². The molecule has 94 valence electrons. The van der Waals surface area contributed by atoms with Gasteiger partial charge in [-0.1, -0.05) is 15.9 Å². The molecule has 3 nitrogen and oxygen atoms in total. The van der Waals surface area contributed by atoms with Crippen LogP contribution in [-0.2, 0) is 11.3 Å². The molecule has 0 N–H and O–H groups in total. The van der Waals surface area contributed by atoms with Crippen LogP contribution in [0.5, 0.6) is 0 Å². The number of amides is 1. The van der Waals surface area contributed by atoms with Crippen molar-refractivity contribution in [2.75, 3.05) is 7.05 Å². The minimum atomic E-state index is -0.850. The van der Waals surface area contributed by atoms with Crippen LogP contribution in [0, 0.1) is 22.6 Å². The Morgan fingerprint density at radius 2 is 2.28 bits per heavy atom. The third-order valence-corrected chi connectivity index (χ3v) is 3.63. The number of halogens is 2. The van der Waals surface area contributed by atoms with E-state index in [-0.39, 0.29) is 18.3 Å². The molecule has 1 fully saturated rings. The zero-order valence-corrected chi connectivity index (χ0v) is 11.5. The molecule has 1 aliphatic rings. The largest absolute Gasteiger partial charge is 0.340 e. The van der Waals surface area contributed by atoms with Gasteiger partial charge in [-0.25, -0.2) is 4.39 Å². The average Bonchev–Trinajstić information content (AvgIpc) is 3.14. The topological polar surface area (TPSA) is 44.1 Å². The second-order valence-corrected chi connectivity index (χ2v) is 5.51. The number of benzene rings is 1. The van der Waals surface area contributed by atoms with Gasteiger partial charge < -0.3 is 4.90 Å². The minimum absolute atomic E-state index is 0.174. The molecule has 0 atom stereocenters. The molecular formula is C13H12BrFN2O. The van der Waals surface area contributed by atoms with Crippen molar-refractivity contribution in [2.24, 2.45) is 5.41 Å². The van der Waals surface area contributed by atoms with E-state index in [1.54, 1.807) is 19.2 Å². The van der Waals surface area contributed by atoms with Crippen LogP contribution in [0.1, 0.15) is 18.4 Å². The minimum Gasteiger partial charge on any atom is -0.340 e. The van der Waals surface area contributed by atoms with Crippen LogP contribution in [0.2, 0.25) is 0 Å².